The molecule has 2 atom stereocenters. The van der Waals surface area contributed by atoms with Gasteiger partial charge in [-0.15, -0.1) is 0 Å². The maximum absolute atomic E-state index is 11.5. The average Bonchev–Trinajstić information content (AvgIpc) is 3.11. The predicted octanol–water partition coefficient (Wildman–Crippen LogP) is 1.16. The van der Waals surface area contributed by atoms with Crippen LogP contribution in [0.1, 0.15) is 23.6 Å². The molecule has 2 aromatic carbocycles. The number of carbonyl (C=O) groups excluding carboxylic acids is 1. The van der Waals surface area contributed by atoms with E-state index in [9.17, 15) is 4.79 Å². The second kappa shape index (κ2) is 7.23. The molecule has 3 rings (SSSR count). The van der Waals surface area contributed by atoms with E-state index in [1.165, 1.54) is 0 Å². The highest BCUT2D eigenvalue weighted by atomic mass is 16.5. The van der Waals surface area contributed by atoms with Crippen LogP contribution in [0.2, 0.25) is 0 Å². The zero-order valence-electron chi connectivity index (χ0n) is 12.7. The zero-order chi connectivity index (χ0) is 16.1. The Morgan fingerprint density at radius 2 is 1.87 bits per heavy atom. The van der Waals surface area contributed by atoms with Gasteiger partial charge in [0, 0.05) is 6.04 Å². The molecule has 6 heteroatoms. The molecule has 2 unspecified atom stereocenters. The molecule has 0 radical (unpaired) electrons. The number of amides is 1. The molecule has 1 fully saturated rings. The highest BCUT2D eigenvalue weighted by Crippen LogP contribution is 2.24. The van der Waals surface area contributed by atoms with Crippen molar-refractivity contribution in [3.63, 3.8) is 0 Å². The molecule has 1 heterocycles. The van der Waals surface area contributed by atoms with Crippen molar-refractivity contribution in [2.45, 2.75) is 25.1 Å². The minimum atomic E-state index is -0.320. The largest absolute Gasteiger partial charge is 0.489 e. The summed E-state index contributed by atoms with van der Waals surface area (Å²) in [4.78, 5) is 11.5. The van der Waals surface area contributed by atoms with E-state index in [-0.39, 0.29) is 18.0 Å². The van der Waals surface area contributed by atoms with Crippen molar-refractivity contribution in [3.8, 4) is 5.75 Å². The lowest BCUT2D eigenvalue weighted by atomic mass is 10.0. The molecule has 1 aliphatic rings. The van der Waals surface area contributed by atoms with Crippen molar-refractivity contribution in [1.82, 2.24) is 16.3 Å². The lowest BCUT2D eigenvalue weighted by Gasteiger charge is -2.11. The Morgan fingerprint density at radius 1 is 1.13 bits per heavy atom. The molecule has 0 saturated carbocycles. The Hall–Kier alpha value is -2.41. The predicted molar refractivity (Wildman–Crippen MR) is 87.0 cm³/mol. The maximum Gasteiger partial charge on any atom is 0.252 e. The van der Waals surface area contributed by atoms with Crippen molar-refractivity contribution in [3.05, 3.63) is 65.7 Å². The van der Waals surface area contributed by atoms with E-state index < -0.39 is 0 Å². The van der Waals surface area contributed by atoms with Crippen LogP contribution < -0.4 is 26.9 Å². The van der Waals surface area contributed by atoms with E-state index in [4.69, 9.17) is 10.6 Å². The van der Waals surface area contributed by atoms with Gasteiger partial charge in [-0.1, -0.05) is 42.5 Å². The van der Waals surface area contributed by atoms with Crippen molar-refractivity contribution in [1.29, 1.82) is 0 Å². The summed E-state index contributed by atoms with van der Waals surface area (Å²) in [6, 6.07) is 17.7. The molecule has 2 aromatic rings. The van der Waals surface area contributed by atoms with Gasteiger partial charge in [-0.25, -0.2) is 16.7 Å². The van der Waals surface area contributed by atoms with Crippen LogP contribution in [-0.4, -0.2) is 11.9 Å². The molecule has 0 spiro atoms. The van der Waals surface area contributed by atoms with Crippen LogP contribution in [0.25, 0.3) is 0 Å². The number of ether oxygens (including phenoxy) is 1. The summed E-state index contributed by atoms with van der Waals surface area (Å²) in [5.41, 5.74) is 10.4. The van der Waals surface area contributed by atoms with Gasteiger partial charge < -0.3 is 4.74 Å². The van der Waals surface area contributed by atoms with Crippen LogP contribution in [0.4, 0.5) is 0 Å². The van der Waals surface area contributed by atoms with Crippen LogP contribution in [0.5, 0.6) is 5.75 Å². The number of nitrogens with two attached hydrogens (primary N) is 1. The molecule has 0 bridgehead atoms. The molecule has 0 aromatic heterocycles. The third-order valence-corrected chi connectivity index (χ3v) is 3.89. The van der Waals surface area contributed by atoms with Crippen LogP contribution >= 0.6 is 0 Å². The lowest BCUT2D eigenvalue weighted by Crippen LogP contribution is -2.45. The SMILES string of the molecule is NNC(=O)C1CC(c2ccc(OCc3ccccc3)cc2)NN1. The standard InChI is InChI=1S/C17H20N4O2/c18-19-17(22)16-10-15(20-21-16)13-6-8-14(9-7-13)23-11-12-4-2-1-3-5-12/h1-9,15-16,20-21H,10-11,18H2,(H,19,22). The van der Waals surface area contributed by atoms with E-state index in [0.717, 1.165) is 16.9 Å². The van der Waals surface area contributed by atoms with Crippen molar-refractivity contribution >= 4 is 5.91 Å². The van der Waals surface area contributed by atoms with Gasteiger partial charge in [0.05, 0.1) is 0 Å². The molecule has 1 saturated heterocycles. The van der Waals surface area contributed by atoms with Gasteiger partial charge >= 0.3 is 0 Å². The molecule has 1 amide bonds. The van der Waals surface area contributed by atoms with Crippen molar-refractivity contribution < 1.29 is 9.53 Å². The summed E-state index contributed by atoms with van der Waals surface area (Å²) < 4.78 is 5.77. The fourth-order valence-corrected chi connectivity index (χ4v) is 2.58. The number of carbonyl (C=O) groups is 1. The van der Waals surface area contributed by atoms with Gasteiger partial charge in [-0.3, -0.25) is 10.2 Å². The Morgan fingerprint density at radius 3 is 2.57 bits per heavy atom. The summed E-state index contributed by atoms with van der Waals surface area (Å²) in [7, 11) is 0. The van der Waals surface area contributed by atoms with Gasteiger partial charge in [-0.05, 0) is 29.7 Å². The fraction of sp³-hybridized carbons (Fsp3) is 0.235. The Kier molecular flexibility index (Phi) is 4.87. The van der Waals surface area contributed by atoms with Crippen LogP contribution in [0, 0.1) is 0 Å². The van der Waals surface area contributed by atoms with Crippen LogP contribution in [-0.2, 0) is 11.4 Å². The minimum Gasteiger partial charge on any atom is -0.489 e. The van der Waals surface area contributed by atoms with E-state index >= 15 is 0 Å². The molecular formula is C17H20N4O2. The smallest absolute Gasteiger partial charge is 0.252 e. The van der Waals surface area contributed by atoms with Crippen molar-refractivity contribution in [2.24, 2.45) is 5.84 Å². The first-order valence-electron chi connectivity index (χ1n) is 7.54. The molecule has 1 aliphatic heterocycles. The molecule has 23 heavy (non-hydrogen) atoms. The Balaban J connectivity index is 1.56. The molecule has 6 nitrogen and oxygen atoms in total. The summed E-state index contributed by atoms with van der Waals surface area (Å²) in [5.74, 6) is 5.75. The summed E-state index contributed by atoms with van der Waals surface area (Å²) >= 11 is 0. The van der Waals surface area contributed by atoms with E-state index in [0.29, 0.717) is 13.0 Å². The maximum atomic E-state index is 11.5. The second-order valence-electron chi connectivity index (χ2n) is 5.48. The van der Waals surface area contributed by atoms with E-state index in [1.807, 2.05) is 54.6 Å². The minimum absolute atomic E-state index is 0.0699. The van der Waals surface area contributed by atoms with Gasteiger partial charge in [0.25, 0.3) is 5.91 Å². The van der Waals surface area contributed by atoms with Crippen LogP contribution in [0.3, 0.4) is 0 Å². The lowest BCUT2D eigenvalue weighted by molar-refractivity contribution is -0.122. The summed E-state index contributed by atoms with van der Waals surface area (Å²) in [6.45, 7) is 0.544. The normalized spacial score (nSPS) is 20.2. The number of rotatable bonds is 5. The van der Waals surface area contributed by atoms with Crippen molar-refractivity contribution in [2.75, 3.05) is 0 Å². The quantitative estimate of drug-likeness (QED) is 0.378. The van der Waals surface area contributed by atoms with Crippen LogP contribution in [0.15, 0.2) is 54.6 Å². The molecule has 0 aliphatic carbocycles. The summed E-state index contributed by atoms with van der Waals surface area (Å²) in [5, 5.41) is 0. The number of hydrazine groups is 2. The summed E-state index contributed by atoms with van der Waals surface area (Å²) in [6.07, 6.45) is 0.646. The Bertz CT molecular complexity index is 645. The second-order valence-corrected chi connectivity index (χ2v) is 5.48. The molecule has 5 N–H and O–H groups in total. The number of hydrogen-bond acceptors (Lipinski definition) is 5. The van der Waals surface area contributed by atoms with E-state index in [2.05, 4.69) is 16.3 Å². The van der Waals surface area contributed by atoms with Gasteiger partial charge in [0.2, 0.25) is 0 Å². The highest BCUT2D eigenvalue weighted by Gasteiger charge is 2.29. The number of hydrogen-bond donors (Lipinski definition) is 4. The first kappa shape index (κ1) is 15.5. The van der Waals surface area contributed by atoms with E-state index in [1.54, 1.807) is 0 Å². The number of benzene rings is 2. The first-order chi connectivity index (χ1) is 11.3. The number of nitrogens with one attached hydrogen (secondary N) is 3. The average molecular weight is 312 g/mol. The van der Waals surface area contributed by atoms with Gasteiger partial charge in [0.15, 0.2) is 0 Å². The topological polar surface area (TPSA) is 88.4 Å². The third kappa shape index (κ3) is 3.87. The third-order valence-electron chi connectivity index (χ3n) is 3.89. The molecular weight excluding hydrogens is 292 g/mol. The Labute approximate surface area is 135 Å². The zero-order valence-corrected chi connectivity index (χ0v) is 12.7. The first-order valence-corrected chi connectivity index (χ1v) is 7.54. The highest BCUT2D eigenvalue weighted by molar-refractivity contribution is 5.81. The fourth-order valence-electron chi connectivity index (χ4n) is 2.58. The van der Waals surface area contributed by atoms with Gasteiger partial charge in [-0.2, -0.15) is 0 Å². The monoisotopic (exact) mass is 312 g/mol. The molecule has 120 valence electrons. The van der Waals surface area contributed by atoms with Gasteiger partial charge in [0.1, 0.15) is 18.4 Å².